The molecule has 26 heavy (non-hydrogen) atoms. The second-order valence-corrected chi connectivity index (χ2v) is 7.57. The normalized spacial score (nSPS) is 17.7. The van der Waals surface area contributed by atoms with Crippen LogP contribution in [0, 0.1) is 18.6 Å². The molecule has 2 aromatic carbocycles. The van der Waals surface area contributed by atoms with Crippen LogP contribution < -0.4 is 0 Å². The molecule has 4 heteroatoms. The summed E-state index contributed by atoms with van der Waals surface area (Å²) in [5.41, 5.74) is 5.24. The van der Waals surface area contributed by atoms with E-state index in [0.717, 1.165) is 42.1 Å². The number of fused-ring (bicyclic) bond motifs is 3. The zero-order valence-electron chi connectivity index (χ0n) is 15.5. The van der Waals surface area contributed by atoms with Gasteiger partial charge < -0.3 is 4.57 Å². The molecule has 0 N–H and O–H groups in total. The van der Waals surface area contributed by atoms with Gasteiger partial charge in [0.05, 0.1) is 5.52 Å². The fourth-order valence-corrected chi connectivity index (χ4v) is 4.13. The monoisotopic (exact) mass is 354 g/mol. The first-order valence-electron chi connectivity index (χ1n) is 9.19. The third kappa shape index (κ3) is 2.92. The van der Waals surface area contributed by atoms with E-state index in [1.54, 1.807) is 0 Å². The van der Waals surface area contributed by atoms with Crippen molar-refractivity contribution < 1.29 is 8.78 Å². The molecule has 1 atom stereocenters. The molecule has 1 unspecified atom stereocenters. The molecule has 1 aromatic heterocycles. The fourth-order valence-electron chi connectivity index (χ4n) is 4.13. The molecular weight excluding hydrogens is 330 g/mol. The van der Waals surface area contributed by atoms with Crippen LogP contribution in [0.2, 0.25) is 0 Å². The number of halogens is 2. The van der Waals surface area contributed by atoms with Crippen LogP contribution in [-0.4, -0.2) is 22.6 Å². The molecular formula is C22H24F2N2. The van der Waals surface area contributed by atoms with Crippen molar-refractivity contribution in [1.82, 2.24) is 9.47 Å². The smallest absolute Gasteiger partial charge is 0.150 e. The minimum absolute atomic E-state index is 0.387. The molecule has 0 amide bonds. The molecule has 0 bridgehead atoms. The Morgan fingerprint density at radius 2 is 1.96 bits per heavy atom. The summed E-state index contributed by atoms with van der Waals surface area (Å²) in [5, 5.41) is 0.723. The maximum absolute atomic E-state index is 14.7. The number of nitrogens with zero attached hydrogens (tertiary/aromatic N) is 2. The Bertz CT molecular complexity index is 974. The Morgan fingerprint density at radius 1 is 1.15 bits per heavy atom. The molecule has 1 aliphatic heterocycles. The number of likely N-dealkylation sites (N-methyl/N-ethyl adjacent to an activating group) is 1. The molecule has 0 radical (unpaired) electrons. The number of benzene rings is 2. The van der Waals surface area contributed by atoms with Gasteiger partial charge in [0.25, 0.3) is 0 Å². The van der Waals surface area contributed by atoms with Gasteiger partial charge in [-0.1, -0.05) is 29.8 Å². The topological polar surface area (TPSA) is 8.17 Å². The van der Waals surface area contributed by atoms with Gasteiger partial charge in [-0.05, 0) is 44.5 Å². The van der Waals surface area contributed by atoms with Crippen molar-refractivity contribution in [2.24, 2.45) is 0 Å². The summed E-state index contributed by atoms with van der Waals surface area (Å²) in [6.07, 6.45) is 1.69. The van der Waals surface area contributed by atoms with Crippen molar-refractivity contribution in [3.05, 3.63) is 70.4 Å². The van der Waals surface area contributed by atoms with Crippen molar-refractivity contribution in [3.8, 4) is 0 Å². The molecule has 0 saturated heterocycles. The van der Waals surface area contributed by atoms with Crippen LogP contribution in [0.1, 0.15) is 29.3 Å². The zero-order valence-corrected chi connectivity index (χ0v) is 15.5. The van der Waals surface area contributed by atoms with Gasteiger partial charge in [0.2, 0.25) is 0 Å². The molecule has 1 aliphatic rings. The summed E-state index contributed by atoms with van der Waals surface area (Å²) in [5.74, 6) is -0.969. The number of rotatable bonds is 3. The number of aryl methyl sites for hydroxylation is 3. The van der Waals surface area contributed by atoms with E-state index in [1.165, 1.54) is 17.2 Å². The summed E-state index contributed by atoms with van der Waals surface area (Å²) in [7, 11) is 2.07. The lowest BCUT2D eigenvalue weighted by Gasteiger charge is -2.31. The first kappa shape index (κ1) is 17.2. The Labute approximate surface area is 153 Å². The first-order chi connectivity index (χ1) is 12.4. The third-order valence-corrected chi connectivity index (χ3v) is 5.65. The van der Waals surface area contributed by atoms with Crippen LogP contribution >= 0.6 is 0 Å². The fraction of sp³-hybridized carbons (Fsp3) is 0.364. The van der Waals surface area contributed by atoms with Crippen LogP contribution in [0.4, 0.5) is 8.78 Å². The molecule has 0 saturated carbocycles. The average molecular weight is 354 g/mol. The van der Waals surface area contributed by atoms with E-state index in [4.69, 9.17) is 0 Å². The van der Waals surface area contributed by atoms with Crippen molar-refractivity contribution in [1.29, 1.82) is 0 Å². The third-order valence-electron chi connectivity index (χ3n) is 5.65. The van der Waals surface area contributed by atoms with Gasteiger partial charge in [-0.3, -0.25) is 4.90 Å². The Hall–Kier alpha value is -2.20. The molecule has 0 spiro atoms. The Morgan fingerprint density at radius 3 is 2.73 bits per heavy atom. The van der Waals surface area contributed by atoms with Crippen molar-refractivity contribution in [2.45, 2.75) is 45.8 Å². The number of aromatic nitrogens is 1. The van der Waals surface area contributed by atoms with Gasteiger partial charge in [-0.2, -0.15) is 0 Å². The standard InChI is InChI=1S/C22H24F2N2/c1-14-5-4-6-16(9-14)7-8-26-21-10-15(2)25(3)13-19(21)18-11-17(23)12-20(24)22(18)26/h4-6,9,11-12,15H,7-8,10,13H2,1-3H3. The van der Waals surface area contributed by atoms with Gasteiger partial charge in [0, 0.05) is 42.7 Å². The van der Waals surface area contributed by atoms with Crippen LogP contribution in [0.5, 0.6) is 0 Å². The Balaban J connectivity index is 1.81. The highest BCUT2D eigenvalue weighted by atomic mass is 19.1. The maximum Gasteiger partial charge on any atom is 0.150 e. The average Bonchev–Trinajstić information content (AvgIpc) is 2.87. The van der Waals surface area contributed by atoms with E-state index in [-0.39, 0.29) is 0 Å². The van der Waals surface area contributed by atoms with E-state index < -0.39 is 11.6 Å². The summed E-state index contributed by atoms with van der Waals surface area (Å²) < 4.78 is 30.7. The van der Waals surface area contributed by atoms with E-state index in [9.17, 15) is 8.78 Å². The highest BCUT2D eigenvalue weighted by Crippen LogP contribution is 2.34. The highest BCUT2D eigenvalue weighted by Gasteiger charge is 2.28. The summed E-state index contributed by atoms with van der Waals surface area (Å²) in [4.78, 5) is 2.25. The van der Waals surface area contributed by atoms with E-state index >= 15 is 0 Å². The summed E-state index contributed by atoms with van der Waals surface area (Å²) in [6, 6.07) is 11.3. The lowest BCUT2D eigenvalue weighted by atomic mass is 10.00. The van der Waals surface area contributed by atoms with Gasteiger partial charge in [-0.25, -0.2) is 8.78 Å². The van der Waals surface area contributed by atoms with Crippen LogP contribution in [0.3, 0.4) is 0 Å². The van der Waals surface area contributed by atoms with E-state index in [1.807, 2.05) is 0 Å². The van der Waals surface area contributed by atoms with Gasteiger partial charge in [0.1, 0.15) is 11.6 Å². The predicted molar refractivity (Wildman–Crippen MR) is 101 cm³/mol. The maximum atomic E-state index is 14.7. The molecule has 2 nitrogen and oxygen atoms in total. The predicted octanol–water partition coefficient (Wildman–Crippen LogP) is 4.85. The zero-order chi connectivity index (χ0) is 18.4. The van der Waals surface area contributed by atoms with E-state index in [2.05, 4.69) is 54.6 Å². The first-order valence-corrected chi connectivity index (χ1v) is 9.19. The minimum atomic E-state index is -0.505. The summed E-state index contributed by atoms with van der Waals surface area (Å²) >= 11 is 0. The largest absolute Gasteiger partial charge is 0.341 e. The van der Waals surface area contributed by atoms with Crippen LogP contribution in [0.25, 0.3) is 10.9 Å². The van der Waals surface area contributed by atoms with Gasteiger partial charge in [0.15, 0.2) is 0 Å². The lowest BCUT2D eigenvalue weighted by molar-refractivity contribution is 0.228. The number of hydrogen-bond donors (Lipinski definition) is 0. The second kappa shape index (κ2) is 6.51. The van der Waals surface area contributed by atoms with Crippen LogP contribution in [0.15, 0.2) is 36.4 Å². The second-order valence-electron chi connectivity index (χ2n) is 7.57. The molecule has 0 aliphatic carbocycles. The SMILES string of the molecule is Cc1cccc(CCn2c3c(c4cc(F)cc(F)c42)CN(C)C(C)C3)c1. The quantitative estimate of drug-likeness (QED) is 0.653. The van der Waals surface area contributed by atoms with Gasteiger partial charge >= 0.3 is 0 Å². The molecule has 136 valence electrons. The molecule has 0 fully saturated rings. The number of hydrogen-bond acceptors (Lipinski definition) is 1. The van der Waals surface area contributed by atoms with Crippen molar-refractivity contribution in [3.63, 3.8) is 0 Å². The van der Waals surface area contributed by atoms with Crippen molar-refractivity contribution in [2.75, 3.05) is 7.05 Å². The van der Waals surface area contributed by atoms with Crippen LogP contribution in [-0.2, 0) is 25.9 Å². The molecule has 2 heterocycles. The molecule has 4 rings (SSSR count). The Kier molecular flexibility index (Phi) is 4.31. The van der Waals surface area contributed by atoms with E-state index in [0.29, 0.717) is 18.1 Å². The lowest BCUT2D eigenvalue weighted by Crippen LogP contribution is -2.35. The summed E-state index contributed by atoms with van der Waals surface area (Å²) in [6.45, 7) is 5.69. The molecule has 3 aromatic rings. The highest BCUT2D eigenvalue weighted by molar-refractivity contribution is 5.86. The van der Waals surface area contributed by atoms with Crippen molar-refractivity contribution >= 4 is 10.9 Å². The minimum Gasteiger partial charge on any atom is -0.341 e. The van der Waals surface area contributed by atoms with Gasteiger partial charge in [-0.15, -0.1) is 0 Å².